The zero-order chi connectivity index (χ0) is 13.0. The van der Waals surface area contributed by atoms with E-state index in [9.17, 15) is 0 Å². The van der Waals surface area contributed by atoms with Crippen molar-refractivity contribution in [3.63, 3.8) is 0 Å². The van der Waals surface area contributed by atoms with Crippen molar-refractivity contribution in [2.45, 2.75) is 65.1 Å². The summed E-state index contributed by atoms with van der Waals surface area (Å²) in [6, 6.07) is 1.23. The van der Waals surface area contributed by atoms with Crippen LogP contribution < -0.4 is 10.2 Å². The lowest BCUT2D eigenvalue weighted by molar-refractivity contribution is 0.483. The molecule has 4 heteroatoms. The average Bonchev–Trinajstić information content (AvgIpc) is 2.85. The number of piperidine rings is 1. The molecule has 2 heterocycles. The van der Waals surface area contributed by atoms with Gasteiger partial charge in [-0.15, -0.1) is 11.3 Å². The minimum absolute atomic E-state index is 0.573. The van der Waals surface area contributed by atoms with Crippen LogP contribution in [0.15, 0.2) is 5.38 Å². The number of aromatic nitrogens is 1. The molecule has 0 aliphatic carbocycles. The van der Waals surface area contributed by atoms with E-state index >= 15 is 0 Å². The third-order valence-corrected chi connectivity index (χ3v) is 4.76. The summed E-state index contributed by atoms with van der Waals surface area (Å²) in [5.74, 6) is 0. The minimum atomic E-state index is 0.573. The number of hydrogen-bond donors (Lipinski definition) is 1. The largest absolute Gasteiger partial charge is 0.345 e. The summed E-state index contributed by atoms with van der Waals surface area (Å²) < 4.78 is 0. The van der Waals surface area contributed by atoms with Crippen LogP contribution in [-0.2, 0) is 6.54 Å². The molecule has 1 N–H and O–H groups in total. The second-order valence-electron chi connectivity index (χ2n) is 5.35. The first-order chi connectivity index (χ1) is 8.70. The Labute approximate surface area is 115 Å². The molecule has 1 aromatic heterocycles. The van der Waals surface area contributed by atoms with Crippen molar-refractivity contribution in [2.75, 3.05) is 11.4 Å². The fourth-order valence-corrected chi connectivity index (χ4v) is 3.27. The minimum Gasteiger partial charge on any atom is -0.345 e. The van der Waals surface area contributed by atoms with Crippen molar-refractivity contribution in [1.82, 2.24) is 10.3 Å². The summed E-state index contributed by atoms with van der Waals surface area (Å²) in [6.45, 7) is 8.82. The molecule has 1 fully saturated rings. The van der Waals surface area contributed by atoms with Crippen LogP contribution in [0.3, 0.4) is 0 Å². The van der Waals surface area contributed by atoms with Gasteiger partial charge in [-0.1, -0.05) is 6.92 Å². The van der Waals surface area contributed by atoms with Gasteiger partial charge in [0.1, 0.15) is 0 Å². The molecule has 0 bridgehead atoms. The Morgan fingerprint density at radius 3 is 3.11 bits per heavy atom. The smallest absolute Gasteiger partial charge is 0.185 e. The van der Waals surface area contributed by atoms with Crippen molar-refractivity contribution in [1.29, 1.82) is 0 Å². The normalized spacial score (nSPS) is 22.2. The first-order valence-corrected chi connectivity index (χ1v) is 8.03. The monoisotopic (exact) mass is 267 g/mol. The first kappa shape index (κ1) is 13.8. The molecule has 0 aromatic carbocycles. The zero-order valence-electron chi connectivity index (χ0n) is 11.8. The van der Waals surface area contributed by atoms with Gasteiger partial charge in [0.15, 0.2) is 5.13 Å². The van der Waals surface area contributed by atoms with Crippen LogP contribution in [0.25, 0.3) is 0 Å². The van der Waals surface area contributed by atoms with E-state index in [2.05, 4.69) is 36.4 Å². The molecule has 102 valence electrons. The highest BCUT2D eigenvalue weighted by Gasteiger charge is 2.20. The highest BCUT2D eigenvalue weighted by molar-refractivity contribution is 7.13. The van der Waals surface area contributed by atoms with Gasteiger partial charge in [0.05, 0.1) is 5.69 Å². The summed E-state index contributed by atoms with van der Waals surface area (Å²) in [5, 5.41) is 6.91. The number of nitrogens with zero attached hydrogens (tertiary/aromatic N) is 2. The molecule has 1 saturated heterocycles. The highest BCUT2D eigenvalue weighted by Crippen LogP contribution is 2.27. The molecule has 2 rings (SSSR count). The summed E-state index contributed by atoms with van der Waals surface area (Å²) in [4.78, 5) is 7.25. The van der Waals surface area contributed by atoms with E-state index in [1.165, 1.54) is 43.1 Å². The molecule has 1 aromatic rings. The Hall–Kier alpha value is -0.610. The quantitative estimate of drug-likeness (QED) is 0.886. The number of hydrogen-bond acceptors (Lipinski definition) is 4. The van der Waals surface area contributed by atoms with Gasteiger partial charge in [-0.25, -0.2) is 4.98 Å². The molecule has 1 aliphatic rings. The van der Waals surface area contributed by atoms with E-state index < -0.39 is 0 Å². The topological polar surface area (TPSA) is 28.2 Å². The van der Waals surface area contributed by atoms with Crippen LogP contribution in [0.4, 0.5) is 5.13 Å². The van der Waals surface area contributed by atoms with E-state index in [0.717, 1.165) is 6.54 Å². The van der Waals surface area contributed by atoms with Gasteiger partial charge in [0.25, 0.3) is 0 Å². The fraction of sp³-hybridized carbons (Fsp3) is 0.786. The lowest BCUT2D eigenvalue weighted by Crippen LogP contribution is -2.37. The van der Waals surface area contributed by atoms with Crippen molar-refractivity contribution < 1.29 is 0 Å². The lowest BCUT2D eigenvalue weighted by Gasteiger charge is -2.33. The molecule has 0 radical (unpaired) electrons. The Morgan fingerprint density at radius 1 is 1.56 bits per heavy atom. The third kappa shape index (κ3) is 3.45. The second-order valence-corrected chi connectivity index (χ2v) is 6.19. The maximum Gasteiger partial charge on any atom is 0.185 e. The molecule has 0 spiro atoms. The van der Waals surface area contributed by atoms with E-state index in [1.807, 2.05) is 0 Å². The van der Waals surface area contributed by atoms with E-state index in [-0.39, 0.29) is 0 Å². The fourth-order valence-electron chi connectivity index (χ4n) is 2.31. The van der Waals surface area contributed by atoms with Crippen LogP contribution >= 0.6 is 11.3 Å². The summed E-state index contributed by atoms with van der Waals surface area (Å²) in [5.41, 5.74) is 1.19. The van der Waals surface area contributed by atoms with E-state index in [4.69, 9.17) is 4.98 Å². The van der Waals surface area contributed by atoms with Gasteiger partial charge in [-0.05, 0) is 39.5 Å². The summed E-state index contributed by atoms with van der Waals surface area (Å²) >= 11 is 1.79. The lowest BCUT2D eigenvalue weighted by atomic mass is 10.1. The van der Waals surface area contributed by atoms with Gasteiger partial charge in [0.2, 0.25) is 0 Å². The van der Waals surface area contributed by atoms with E-state index in [0.29, 0.717) is 12.1 Å². The van der Waals surface area contributed by atoms with Crippen LogP contribution in [-0.4, -0.2) is 23.6 Å². The third-order valence-electron chi connectivity index (χ3n) is 3.83. The Kier molecular flexibility index (Phi) is 5.01. The van der Waals surface area contributed by atoms with Crippen molar-refractivity contribution >= 4 is 16.5 Å². The summed E-state index contributed by atoms with van der Waals surface area (Å²) in [6.07, 6.45) is 5.15. The summed E-state index contributed by atoms with van der Waals surface area (Å²) in [7, 11) is 0. The molecule has 3 nitrogen and oxygen atoms in total. The van der Waals surface area contributed by atoms with Gasteiger partial charge < -0.3 is 10.2 Å². The van der Waals surface area contributed by atoms with Gasteiger partial charge in [-0.3, -0.25) is 0 Å². The number of anilines is 1. The predicted molar refractivity (Wildman–Crippen MR) is 79.4 cm³/mol. The second kappa shape index (κ2) is 6.53. The average molecular weight is 267 g/mol. The van der Waals surface area contributed by atoms with Gasteiger partial charge in [0, 0.05) is 30.6 Å². The molecule has 2 unspecified atom stereocenters. The molecule has 1 aliphatic heterocycles. The van der Waals surface area contributed by atoms with Crippen molar-refractivity contribution in [3.05, 3.63) is 11.1 Å². The van der Waals surface area contributed by atoms with Crippen molar-refractivity contribution in [2.24, 2.45) is 0 Å². The standard InChI is InChI=1S/C14H25N3S/c1-4-11(2)15-9-13-10-18-14(16-13)17-8-6-5-7-12(17)3/h10-12,15H,4-9H2,1-3H3. The Bertz CT molecular complexity index is 364. The molecular formula is C14H25N3S. The molecule has 18 heavy (non-hydrogen) atoms. The maximum atomic E-state index is 4.77. The Balaban J connectivity index is 1.92. The van der Waals surface area contributed by atoms with Crippen molar-refractivity contribution in [3.8, 4) is 0 Å². The SMILES string of the molecule is CCC(C)NCc1csc(N2CCCCC2C)n1. The van der Waals surface area contributed by atoms with Gasteiger partial charge >= 0.3 is 0 Å². The molecule has 2 atom stereocenters. The number of nitrogens with one attached hydrogen (secondary N) is 1. The predicted octanol–water partition coefficient (Wildman–Crippen LogP) is 3.41. The Morgan fingerprint density at radius 2 is 2.39 bits per heavy atom. The van der Waals surface area contributed by atoms with Crippen LogP contribution in [0.1, 0.15) is 52.1 Å². The zero-order valence-corrected chi connectivity index (χ0v) is 12.6. The maximum absolute atomic E-state index is 4.77. The van der Waals surface area contributed by atoms with Crippen LogP contribution in [0.5, 0.6) is 0 Å². The van der Waals surface area contributed by atoms with Crippen LogP contribution in [0.2, 0.25) is 0 Å². The molecular weight excluding hydrogens is 242 g/mol. The van der Waals surface area contributed by atoms with Crippen LogP contribution in [0, 0.1) is 0 Å². The molecule has 0 saturated carbocycles. The van der Waals surface area contributed by atoms with Gasteiger partial charge in [-0.2, -0.15) is 0 Å². The van der Waals surface area contributed by atoms with E-state index in [1.54, 1.807) is 11.3 Å². The first-order valence-electron chi connectivity index (χ1n) is 7.15. The molecule has 0 amide bonds. The number of thiazole rings is 1. The number of rotatable bonds is 5. The highest BCUT2D eigenvalue weighted by atomic mass is 32.1.